The molecule has 0 atom stereocenters. The summed E-state index contributed by atoms with van der Waals surface area (Å²) in [5.74, 6) is 3.02. The lowest BCUT2D eigenvalue weighted by atomic mass is 10.3. The normalized spacial score (nSPS) is 14.2. The maximum absolute atomic E-state index is 5.80. The molecule has 20 heavy (non-hydrogen) atoms. The van der Waals surface area contributed by atoms with Gasteiger partial charge in [-0.15, -0.1) is 11.3 Å². The molecule has 0 saturated heterocycles. The van der Waals surface area contributed by atoms with Gasteiger partial charge in [0.15, 0.2) is 0 Å². The van der Waals surface area contributed by atoms with Gasteiger partial charge in [-0.3, -0.25) is 0 Å². The van der Waals surface area contributed by atoms with Crippen LogP contribution in [0, 0.1) is 0 Å². The molecule has 0 aliphatic heterocycles. The van der Waals surface area contributed by atoms with E-state index in [1.165, 1.54) is 17.7 Å². The van der Waals surface area contributed by atoms with E-state index in [1.54, 1.807) is 11.3 Å². The molecular formula is C15H19N3OS. The SMILES string of the molecule is CCNc1cc(OCCc2cccs2)nc(C2CC2)n1. The van der Waals surface area contributed by atoms with Gasteiger partial charge >= 0.3 is 0 Å². The number of hydrogen-bond acceptors (Lipinski definition) is 5. The maximum atomic E-state index is 5.80. The number of anilines is 1. The molecule has 4 nitrogen and oxygen atoms in total. The van der Waals surface area contributed by atoms with Crippen molar-refractivity contribution in [2.24, 2.45) is 0 Å². The van der Waals surface area contributed by atoms with E-state index < -0.39 is 0 Å². The van der Waals surface area contributed by atoms with Gasteiger partial charge in [-0.25, -0.2) is 4.98 Å². The highest BCUT2D eigenvalue weighted by molar-refractivity contribution is 7.09. The zero-order chi connectivity index (χ0) is 13.8. The van der Waals surface area contributed by atoms with E-state index in [1.807, 2.05) is 6.07 Å². The molecule has 5 heteroatoms. The van der Waals surface area contributed by atoms with Crippen molar-refractivity contribution in [1.82, 2.24) is 9.97 Å². The predicted molar refractivity (Wildman–Crippen MR) is 81.7 cm³/mol. The zero-order valence-electron chi connectivity index (χ0n) is 11.6. The third-order valence-electron chi connectivity index (χ3n) is 3.20. The first-order chi connectivity index (χ1) is 9.85. The summed E-state index contributed by atoms with van der Waals surface area (Å²) in [5, 5.41) is 5.34. The molecule has 2 aromatic heterocycles. The second-order valence-corrected chi connectivity index (χ2v) is 5.96. The lowest BCUT2D eigenvalue weighted by molar-refractivity contribution is 0.309. The van der Waals surface area contributed by atoms with Crippen LogP contribution >= 0.6 is 11.3 Å². The van der Waals surface area contributed by atoms with Crippen LogP contribution in [0.25, 0.3) is 0 Å². The highest BCUT2D eigenvalue weighted by Gasteiger charge is 2.27. The van der Waals surface area contributed by atoms with Gasteiger partial charge in [0.05, 0.1) is 6.61 Å². The van der Waals surface area contributed by atoms with Crippen molar-refractivity contribution >= 4 is 17.2 Å². The highest BCUT2D eigenvalue weighted by Crippen LogP contribution is 2.39. The monoisotopic (exact) mass is 289 g/mol. The molecule has 106 valence electrons. The van der Waals surface area contributed by atoms with Gasteiger partial charge in [-0.05, 0) is 31.2 Å². The predicted octanol–water partition coefficient (Wildman–Crippen LogP) is 3.47. The molecular weight excluding hydrogens is 270 g/mol. The van der Waals surface area contributed by atoms with Gasteiger partial charge in [0, 0.05) is 29.8 Å². The molecule has 1 saturated carbocycles. The Labute approximate surface area is 123 Å². The Morgan fingerprint density at radius 1 is 1.40 bits per heavy atom. The number of rotatable bonds is 7. The van der Waals surface area contributed by atoms with E-state index in [2.05, 4.69) is 39.7 Å². The van der Waals surface area contributed by atoms with E-state index in [0.717, 1.165) is 24.6 Å². The van der Waals surface area contributed by atoms with Crippen molar-refractivity contribution in [2.75, 3.05) is 18.5 Å². The first kappa shape index (κ1) is 13.4. The molecule has 0 unspecified atom stereocenters. The van der Waals surface area contributed by atoms with Crippen LogP contribution in [-0.2, 0) is 6.42 Å². The van der Waals surface area contributed by atoms with Crippen LogP contribution < -0.4 is 10.1 Å². The van der Waals surface area contributed by atoms with E-state index >= 15 is 0 Å². The Bertz CT molecular complexity index is 552. The topological polar surface area (TPSA) is 47.0 Å². The fourth-order valence-electron chi connectivity index (χ4n) is 2.02. The van der Waals surface area contributed by atoms with Crippen LogP contribution in [0.3, 0.4) is 0 Å². The molecule has 1 N–H and O–H groups in total. The molecule has 1 aliphatic carbocycles. The number of ether oxygens (including phenoxy) is 1. The van der Waals surface area contributed by atoms with Gasteiger partial charge in [0.1, 0.15) is 11.6 Å². The summed E-state index contributed by atoms with van der Waals surface area (Å²) in [6, 6.07) is 6.09. The third kappa shape index (κ3) is 3.48. The van der Waals surface area contributed by atoms with Gasteiger partial charge < -0.3 is 10.1 Å². The van der Waals surface area contributed by atoms with Crippen LogP contribution in [0.15, 0.2) is 23.6 Å². The average molecular weight is 289 g/mol. The molecule has 2 aromatic rings. The summed E-state index contributed by atoms with van der Waals surface area (Å²) >= 11 is 1.76. The molecule has 1 aliphatic rings. The number of thiophene rings is 1. The van der Waals surface area contributed by atoms with Crippen LogP contribution in [0.4, 0.5) is 5.82 Å². The third-order valence-corrected chi connectivity index (χ3v) is 4.14. The number of nitrogens with zero attached hydrogens (tertiary/aromatic N) is 2. The van der Waals surface area contributed by atoms with Crippen molar-refractivity contribution < 1.29 is 4.74 Å². The first-order valence-electron chi connectivity index (χ1n) is 7.13. The Hall–Kier alpha value is -1.62. The van der Waals surface area contributed by atoms with Crippen LogP contribution in [0.5, 0.6) is 5.88 Å². The second-order valence-electron chi connectivity index (χ2n) is 4.93. The number of aromatic nitrogens is 2. The minimum atomic E-state index is 0.535. The highest BCUT2D eigenvalue weighted by atomic mass is 32.1. The minimum absolute atomic E-state index is 0.535. The van der Waals surface area contributed by atoms with E-state index in [-0.39, 0.29) is 0 Å². The van der Waals surface area contributed by atoms with E-state index in [0.29, 0.717) is 18.4 Å². The van der Waals surface area contributed by atoms with Gasteiger partial charge in [-0.2, -0.15) is 4.98 Å². The fourth-order valence-corrected chi connectivity index (χ4v) is 2.71. The van der Waals surface area contributed by atoms with Gasteiger partial charge in [0.25, 0.3) is 0 Å². The average Bonchev–Trinajstić information content (AvgIpc) is 3.17. The summed E-state index contributed by atoms with van der Waals surface area (Å²) in [7, 11) is 0. The standard InChI is InChI=1S/C15H19N3OS/c1-2-16-13-10-14(18-15(17-13)11-5-6-11)19-8-7-12-4-3-9-20-12/h3-4,9-11H,2,5-8H2,1H3,(H,16,17,18). The van der Waals surface area contributed by atoms with E-state index in [4.69, 9.17) is 4.74 Å². The second kappa shape index (κ2) is 6.22. The Morgan fingerprint density at radius 2 is 2.30 bits per heavy atom. The summed E-state index contributed by atoms with van der Waals surface area (Å²) in [6.45, 7) is 3.58. The molecule has 2 heterocycles. The van der Waals surface area contributed by atoms with Crippen molar-refractivity contribution in [3.63, 3.8) is 0 Å². The summed E-state index contributed by atoms with van der Waals surface area (Å²) in [6.07, 6.45) is 3.32. The molecule has 0 radical (unpaired) electrons. The van der Waals surface area contributed by atoms with Crippen LogP contribution in [0.1, 0.15) is 36.4 Å². The Balaban J connectivity index is 1.64. The molecule has 0 spiro atoms. The lowest BCUT2D eigenvalue weighted by Crippen LogP contribution is -2.07. The number of hydrogen-bond donors (Lipinski definition) is 1. The molecule has 0 amide bonds. The summed E-state index contributed by atoms with van der Waals surface area (Å²) in [5.41, 5.74) is 0. The van der Waals surface area contributed by atoms with Crippen LogP contribution in [0.2, 0.25) is 0 Å². The fraction of sp³-hybridized carbons (Fsp3) is 0.467. The van der Waals surface area contributed by atoms with Crippen molar-refractivity contribution in [3.8, 4) is 5.88 Å². The smallest absolute Gasteiger partial charge is 0.218 e. The van der Waals surface area contributed by atoms with Crippen LogP contribution in [-0.4, -0.2) is 23.1 Å². The van der Waals surface area contributed by atoms with E-state index in [9.17, 15) is 0 Å². The van der Waals surface area contributed by atoms with Crippen molar-refractivity contribution in [2.45, 2.75) is 32.1 Å². The van der Waals surface area contributed by atoms with Crippen molar-refractivity contribution in [1.29, 1.82) is 0 Å². The Kier molecular flexibility index (Phi) is 4.16. The van der Waals surface area contributed by atoms with Gasteiger partial charge in [0.2, 0.25) is 5.88 Å². The molecule has 1 fully saturated rings. The quantitative estimate of drug-likeness (QED) is 0.848. The van der Waals surface area contributed by atoms with Crippen molar-refractivity contribution in [3.05, 3.63) is 34.3 Å². The zero-order valence-corrected chi connectivity index (χ0v) is 12.4. The Morgan fingerprint density at radius 3 is 3.00 bits per heavy atom. The molecule has 3 rings (SSSR count). The number of nitrogens with one attached hydrogen (secondary N) is 1. The maximum Gasteiger partial charge on any atom is 0.218 e. The summed E-state index contributed by atoms with van der Waals surface area (Å²) < 4.78 is 5.80. The summed E-state index contributed by atoms with van der Waals surface area (Å²) in [4.78, 5) is 10.4. The molecule has 0 bridgehead atoms. The van der Waals surface area contributed by atoms with Gasteiger partial charge in [-0.1, -0.05) is 6.07 Å². The largest absolute Gasteiger partial charge is 0.477 e. The molecule has 0 aromatic carbocycles. The lowest BCUT2D eigenvalue weighted by Gasteiger charge is -2.09. The minimum Gasteiger partial charge on any atom is -0.477 e. The first-order valence-corrected chi connectivity index (χ1v) is 8.01.